The normalized spacial score (nSPS) is 10.3. The molecule has 0 bridgehead atoms. The van der Waals surface area contributed by atoms with Crippen molar-refractivity contribution in [1.82, 2.24) is 4.57 Å². The lowest BCUT2D eigenvalue weighted by Gasteiger charge is -2.07. The summed E-state index contributed by atoms with van der Waals surface area (Å²) in [6.45, 7) is 0.0951. The average molecular weight is 292 g/mol. The zero-order chi connectivity index (χ0) is 15.5. The Bertz CT molecular complexity index is 876. The first-order valence-electron chi connectivity index (χ1n) is 6.66. The molecule has 0 aliphatic carbocycles. The van der Waals surface area contributed by atoms with Crippen LogP contribution in [0.1, 0.15) is 11.3 Å². The van der Waals surface area contributed by atoms with Crippen LogP contribution in [0.25, 0.3) is 10.9 Å². The van der Waals surface area contributed by atoms with E-state index in [1.54, 1.807) is 24.3 Å². The summed E-state index contributed by atoms with van der Waals surface area (Å²) in [6, 6.07) is 17.8. The molecule has 22 heavy (non-hydrogen) atoms. The van der Waals surface area contributed by atoms with Crippen molar-refractivity contribution in [1.29, 1.82) is 5.26 Å². The van der Waals surface area contributed by atoms with Crippen molar-refractivity contribution in [3.05, 3.63) is 65.9 Å². The van der Waals surface area contributed by atoms with Gasteiger partial charge in [0, 0.05) is 5.39 Å². The van der Waals surface area contributed by atoms with Gasteiger partial charge in [-0.2, -0.15) is 5.26 Å². The minimum Gasteiger partial charge on any atom is -0.504 e. The molecule has 5 nitrogen and oxygen atoms in total. The van der Waals surface area contributed by atoms with Crippen molar-refractivity contribution in [3.63, 3.8) is 0 Å². The summed E-state index contributed by atoms with van der Waals surface area (Å²) >= 11 is 0. The van der Waals surface area contributed by atoms with Crippen molar-refractivity contribution < 1.29 is 14.6 Å². The van der Waals surface area contributed by atoms with E-state index in [-0.39, 0.29) is 18.1 Å². The lowest BCUT2D eigenvalue weighted by Crippen LogP contribution is -2.15. The Kier molecular flexibility index (Phi) is 3.50. The van der Waals surface area contributed by atoms with E-state index in [1.807, 2.05) is 36.4 Å². The van der Waals surface area contributed by atoms with Crippen LogP contribution < -0.4 is 0 Å². The summed E-state index contributed by atoms with van der Waals surface area (Å²) in [5.41, 5.74) is 1.16. The maximum Gasteiger partial charge on any atom is 0.420 e. The van der Waals surface area contributed by atoms with Gasteiger partial charge in [-0.1, -0.05) is 42.5 Å². The first-order valence-corrected chi connectivity index (χ1v) is 6.66. The van der Waals surface area contributed by atoms with E-state index in [0.29, 0.717) is 10.9 Å². The maximum atomic E-state index is 12.3. The third kappa shape index (κ3) is 2.27. The second kappa shape index (κ2) is 5.62. The molecule has 3 aromatic rings. The summed E-state index contributed by atoms with van der Waals surface area (Å²) in [4.78, 5) is 12.3. The fraction of sp³-hybridized carbons (Fsp3) is 0.0588. The van der Waals surface area contributed by atoms with Crippen LogP contribution >= 0.6 is 0 Å². The highest BCUT2D eigenvalue weighted by atomic mass is 16.5. The van der Waals surface area contributed by atoms with E-state index in [9.17, 15) is 15.2 Å². The average Bonchev–Trinajstić information content (AvgIpc) is 2.86. The van der Waals surface area contributed by atoms with E-state index < -0.39 is 6.09 Å². The molecule has 0 aliphatic heterocycles. The lowest BCUT2D eigenvalue weighted by atomic mass is 10.2. The minimum atomic E-state index is -0.697. The van der Waals surface area contributed by atoms with Crippen LogP contribution in [0.3, 0.4) is 0 Å². The van der Waals surface area contributed by atoms with Crippen LogP contribution in [0.15, 0.2) is 54.6 Å². The Morgan fingerprint density at radius 1 is 1.14 bits per heavy atom. The van der Waals surface area contributed by atoms with Crippen LogP contribution in [0.2, 0.25) is 0 Å². The zero-order valence-corrected chi connectivity index (χ0v) is 11.6. The predicted octanol–water partition coefficient (Wildman–Crippen LogP) is 3.40. The van der Waals surface area contributed by atoms with Gasteiger partial charge in [-0.15, -0.1) is 0 Å². The number of aromatic nitrogens is 1. The number of hydrogen-bond donors (Lipinski definition) is 1. The number of nitrogens with zero attached hydrogens (tertiary/aromatic N) is 2. The molecule has 2 aromatic carbocycles. The van der Waals surface area contributed by atoms with Crippen LogP contribution in [-0.2, 0) is 11.3 Å². The van der Waals surface area contributed by atoms with Crippen molar-refractivity contribution in [2.45, 2.75) is 6.61 Å². The molecule has 1 N–H and O–H groups in total. The van der Waals surface area contributed by atoms with Crippen LogP contribution in [-0.4, -0.2) is 15.8 Å². The van der Waals surface area contributed by atoms with Gasteiger partial charge in [-0.3, -0.25) is 0 Å². The van der Waals surface area contributed by atoms with Crippen LogP contribution in [0, 0.1) is 11.3 Å². The highest BCUT2D eigenvalue weighted by Gasteiger charge is 2.21. The minimum absolute atomic E-state index is 0.0951. The van der Waals surface area contributed by atoms with E-state index in [1.165, 1.54) is 0 Å². The summed E-state index contributed by atoms with van der Waals surface area (Å²) in [5, 5.41) is 19.7. The monoisotopic (exact) mass is 292 g/mol. The fourth-order valence-corrected chi connectivity index (χ4v) is 2.30. The SMILES string of the molecule is N#Cc1c(O)c2ccccc2n1C(=O)OCc1ccccc1. The number of aromatic hydroxyl groups is 1. The predicted molar refractivity (Wildman–Crippen MR) is 80.3 cm³/mol. The quantitative estimate of drug-likeness (QED) is 0.785. The van der Waals surface area contributed by atoms with E-state index >= 15 is 0 Å². The van der Waals surface area contributed by atoms with Crippen molar-refractivity contribution in [3.8, 4) is 11.8 Å². The van der Waals surface area contributed by atoms with Gasteiger partial charge in [0.25, 0.3) is 0 Å². The molecular weight excluding hydrogens is 280 g/mol. The van der Waals surface area contributed by atoms with Gasteiger partial charge in [0.05, 0.1) is 5.52 Å². The third-order valence-corrected chi connectivity index (χ3v) is 3.34. The first-order chi connectivity index (χ1) is 10.7. The zero-order valence-electron chi connectivity index (χ0n) is 11.6. The maximum absolute atomic E-state index is 12.3. The number of carbonyl (C=O) groups excluding carboxylic acids is 1. The Balaban J connectivity index is 1.96. The fourth-order valence-electron chi connectivity index (χ4n) is 2.30. The number of benzene rings is 2. The summed E-state index contributed by atoms with van der Waals surface area (Å²) in [6.07, 6.45) is -0.697. The number of para-hydroxylation sites is 1. The van der Waals surface area contributed by atoms with Gasteiger partial charge >= 0.3 is 6.09 Å². The first kappa shape index (κ1) is 13.7. The van der Waals surface area contributed by atoms with Gasteiger partial charge < -0.3 is 9.84 Å². The standard InChI is InChI=1S/C17H12N2O3/c18-10-15-16(20)13-8-4-5-9-14(13)19(15)17(21)22-11-12-6-2-1-3-7-12/h1-9,20H,11H2. The van der Waals surface area contributed by atoms with Crippen LogP contribution in [0.5, 0.6) is 5.75 Å². The van der Waals surface area contributed by atoms with Gasteiger partial charge in [0.2, 0.25) is 0 Å². The Morgan fingerprint density at radius 3 is 2.55 bits per heavy atom. The number of fused-ring (bicyclic) bond motifs is 1. The van der Waals surface area contributed by atoms with Crippen molar-refractivity contribution >= 4 is 17.0 Å². The molecule has 0 saturated carbocycles. The molecule has 0 fully saturated rings. The molecule has 1 aromatic heterocycles. The molecule has 1 heterocycles. The molecule has 0 saturated heterocycles. The molecule has 0 radical (unpaired) electrons. The van der Waals surface area contributed by atoms with E-state index in [0.717, 1.165) is 10.1 Å². The molecule has 0 aliphatic rings. The highest BCUT2D eigenvalue weighted by molar-refractivity contribution is 5.96. The third-order valence-electron chi connectivity index (χ3n) is 3.34. The largest absolute Gasteiger partial charge is 0.504 e. The number of hydrogen-bond acceptors (Lipinski definition) is 4. The van der Waals surface area contributed by atoms with Crippen molar-refractivity contribution in [2.24, 2.45) is 0 Å². The number of carbonyl (C=O) groups is 1. The second-order valence-corrected chi connectivity index (χ2v) is 4.70. The van der Waals surface area contributed by atoms with Gasteiger partial charge in [0.15, 0.2) is 11.4 Å². The smallest absolute Gasteiger partial charge is 0.420 e. The summed E-state index contributed by atoms with van der Waals surface area (Å²) < 4.78 is 6.33. The van der Waals surface area contributed by atoms with E-state index in [4.69, 9.17) is 4.74 Å². The summed E-state index contributed by atoms with van der Waals surface area (Å²) in [7, 11) is 0. The van der Waals surface area contributed by atoms with Gasteiger partial charge in [-0.05, 0) is 17.7 Å². The number of ether oxygens (including phenoxy) is 1. The van der Waals surface area contributed by atoms with Gasteiger partial charge in [-0.25, -0.2) is 9.36 Å². The van der Waals surface area contributed by atoms with Crippen LogP contribution in [0.4, 0.5) is 4.79 Å². The van der Waals surface area contributed by atoms with Gasteiger partial charge in [0.1, 0.15) is 12.7 Å². The molecule has 3 rings (SSSR count). The van der Waals surface area contributed by atoms with E-state index in [2.05, 4.69) is 0 Å². The topological polar surface area (TPSA) is 75.2 Å². The number of rotatable bonds is 2. The molecule has 108 valence electrons. The molecule has 0 atom stereocenters. The Labute approximate surface area is 126 Å². The molecule has 5 heteroatoms. The Morgan fingerprint density at radius 2 is 1.82 bits per heavy atom. The highest BCUT2D eigenvalue weighted by Crippen LogP contribution is 2.31. The molecule has 0 amide bonds. The second-order valence-electron chi connectivity index (χ2n) is 4.70. The molecular formula is C17H12N2O3. The lowest BCUT2D eigenvalue weighted by molar-refractivity contribution is 0.142. The Hall–Kier alpha value is -3.26. The number of nitriles is 1. The van der Waals surface area contributed by atoms with Crippen molar-refractivity contribution in [2.75, 3.05) is 0 Å². The molecule has 0 spiro atoms. The molecule has 0 unspecified atom stereocenters. The summed E-state index contributed by atoms with van der Waals surface area (Å²) in [5.74, 6) is -0.213.